The lowest BCUT2D eigenvalue weighted by molar-refractivity contribution is -0.120. The molecule has 0 saturated heterocycles. The Labute approximate surface area is 178 Å². The number of carbonyl (C=O) groups is 1. The van der Waals surface area contributed by atoms with Gasteiger partial charge in [-0.25, -0.2) is 0 Å². The molecule has 0 aliphatic carbocycles. The van der Waals surface area contributed by atoms with E-state index in [9.17, 15) is 4.79 Å². The lowest BCUT2D eigenvalue weighted by Crippen LogP contribution is -2.44. The first-order chi connectivity index (χ1) is 14.6. The molecule has 3 aromatic rings. The largest absolute Gasteiger partial charge is 0.484 e. The van der Waals surface area contributed by atoms with Gasteiger partial charge in [0.05, 0.1) is 0 Å². The van der Waals surface area contributed by atoms with Crippen molar-refractivity contribution in [1.29, 1.82) is 0 Å². The van der Waals surface area contributed by atoms with Crippen molar-refractivity contribution in [3.05, 3.63) is 84.4 Å². The van der Waals surface area contributed by atoms with Crippen LogP contribution in [-0.4, -0.2) is 44.6 Å². The molecule has 30 heavy (non-hydrogen) atoms. The minimum Gasteiger partial charge on any atom is -0.484 e. The lowest BCUT2D eigenvalue weighted by atomic mass is 9.92. The second kappa shape index (κ2) is 9.14. The van der Waals surface area contributed by atoms with E-state index in [2.05, 4.69) is 37.2 Å². The second-order valence-corrected chi connectivity index (χ2v) is 8.14. The number of ether oxygens (including phenoxy) is 1. The fourth-order valence-electron chi connectivity index (χ4n) is 4.15. The summed E-state index contributed by atoms with van der Waals surface area (Å²) in [5, 5.41) is 0. The highest BCUT2D eigenvalue weighted by atomic mass is 16.5. The molecule has 1 aliphatic rings. The first kappa shape index (κ1) is 20.2. The Balaban J connectivity index is 1.43. The highest BCUT2D eigenvalue weighted by molar-refractivity contribution is 5.95. The number of anilines is 1. The summed E-state index contributed by atoms with van der Waals surface area (Å²) in [7, 11) is 4.16. The van der Waals surface area contributed by atoms with Crippen LogP contribution in [0.5, 0.6) is 5.75 Å². The van der Waals surface area contributed by atoms with E-state index >= 15 is 0 Å². The third-order valence-electron chi connectivity index (χ3n) is 5.48. The molecule has 154 valence electrons. The second-order valence-electron chi connectivity index (χ2n) is 8.14. The van der Waals surface area contributed by atoms with Gasteiger partial charge in [0.1, 0.15) is 5.75 Å². The molecule has 0 saturated carbocycles. The van der Waals surface area contributed by atoms with Crippen molar-refractivity contribution in [3.8, 4) is 16.9 Å². The number of benzene rings is 3. The van der Waals surface area contributed by atoms with E-state index in [0.717, 1.165) is 36.3 Å². The van der Waals surface area contributed by atoms with Gasteiger partial charge in [-0.15, -0.1) is 0 Å². The molecule has 0 fully saturated rings. The average Bonchev–Trinajstić information content (AvgIpc) is 2.77. The van der Waals surface area contributed by atoms with E-state index < -0.39 is 0 Å². The Morgan fingerprint density at radius 1 is 0.933 bits per heavy atom. The van der Waals surface area contributed by atoms with Crippen LogP contribution in [0.1, 0.15) is 5.56 Å². The monoisotopic (exact) mass is 400 g/mol. The summed E-state index contributed by atoms with van der Waals surface area (Å²) in [4.78, 5) is 17.1. The standard InChI is InChI=1S/C26H28N2O2/c1-27(2)17-20-16-23-10-6-7-11-25(23)28(18-20)26(29)19-30-24-14-12-22(13-15-24)21-8-4-3-5-9-21/h3-15,20H,16-19H2,1-2H3. The predicted molar refractivity (Wildman–Crippen MR) is 122 cm³/mol. The first-order valence-electron chi connectivity index (χ1n) is 10.4. The predicted octanol–water partition coefficient (Wildman–Crippen LogP) is 4.50. The Hall–Kier alpha value is -3.11. The third kappa shape index (κ3) is 4.71. The summed E-state index contributed by atoms with van der Waals surface area (Å²) < 4.78 is 5.84. The number of nitrogens with zero attached hydrogens (tertiary/aromatic N) is 2. The van der Waals surface area contributed by atoms with E-state index in [0.29, 0.717) is 11.7 Å². The third-order valence-corrected chi connectivity index (χ3v) is 5.48. The van der Waals surface area contributed by atoms with Crippen LogP contribution in [0.2, 0.25) is 0 Å². The van der Waals surface area contributed by atoms with Crippen LogP contribution in [0.3, 0.4) is 0 Å². The quantitative estimate of drug-likeness (QED) is 0.611. The van der Waals surface area contributed by atoms with Crippen molar-refractivity contribution in [2.24, 2.45) is 5.92 Å². The number of amides is 1. The molecule has 1 amide bonds. The first-order valence-corrected chi connectivity index (χ1v) is 10.4. The maximum atomic E-state index is 13.0. The summed E-state index contributed by atoms with van der Waals surface area (Å²) in [5.74, 6) is 1.13. The van der Waals surface area contributed by atoms with Crippen molar-refractivity contribution in [2.45, 2.75) is 6.42 Å². The molecule has 0 radical (unpaired) electrons. The lowest BCUT2D eigenvalue weighted by Gasteiger charge is -2.35. The maximum absolute atomic E-state index is 13.0. The maximum Gasteiger partial charge on any atom is 0.264 e. The summed E-state index contributed by atoms with van der Waals surface area (Å²) in [5.41, 5.74) is 4.54. The van der Waals surface area contributed by atoms with Gasteiger partial charge in [-0.2, -0.15) is 0 Å². The summed E-state index contributed by atoms with van der Waals surface area (Å²) in [6.07, 6.45) is 1.000. The van der Waals surface area contributed by atoms with Crippen LogP contribution < -0.4 is 9.64 Å². The highest BCUT2D eigenvalue weighted by Gasteiger charge is 2.28. The van der Waals surface area contributed by atoms with Crippen LogP contribution in [-0.2, 0) is 11.2 Å². The minimum atomic E-state index is -0.00181. The fourth-order valence-corrected chi connectivity index (χ4v) is 4.15. The molecular formula is C26H28N2O2. The molecule has 0 bridgehead atoms. The van der Waals surface area contributed by atoms with E-state index in [1.54, 1.807) is 0 Å². The molecule has 0 N–H and O–H groups in total. The molecule has 4 heteroatoms. The van der Waals surface area contributed by atoms with Crippen LogP contribution in [0, 0.1) is 5.92 Å². The van der Waals surface area contributed by atoms with E-state index in [-0.39, 0.29) is 12.5 Å². The topological polar surface area (TPSA) is 32.8 Å². The molecule has 1 heterocycles. The van der Waals surface area contributed by atoms with Gasteiger partial charge in [-0.1, -0.05) is 60.7 Å². The van der Waals surface area contributed by atoms with Gasteiger partial charge in [-0.3, -0.25) is 4.79 Å². The Morgan fingerprint density at radius 2 is 1.60 bits per heavy atom. The van der Waals surface area contributed by atoms with Gasteiger partial charge in [0, 0.05) is 18.8 Å². The molecule has 0 spiro atoms. The highest BCUT2D eigenvalue weighted by Crippen LogP contribution is 2.30. The van der Waals surface area contributed by atoms with Crippen molar-refractivity contribution < 1.29 is 9.53 Å². The number of para-hydroxylation sites is 1. The number of fused-ring (bicyclic) bond motifs is 1. The van der Waals surface area contributed by atoms with E-state index in [4.69, 9.17) is 4.74 Å². The molecule has 1 atom stereocenters. The Bertz CT molecular complexity index is 983. The minimum absolute atomic E-state index is 0.00181. The van der Waals surface area contributed by atoms with Crippen LogP contribution in [0.15, 0.2) is 78.9 Å². The van der Waals surface area contributed by atoms with E-state index in [1.807, 2.05) is 65.6 Å². The number of carbonyl (C=O) groups excluding carboxylic acids is 1. The number of hydrogen-bond acceptors (Lipinski definition) is 3. The van der Waals surface area contributed by atoms with Crippen LogP contribution >= 0.6 is 0 Å². The zero-order valence-corrected chi connectivity index (χ0v) is 17.6. The average molecular weight is 401 g/mol. The molecule has 1 aliphatic heterocycles. The Morgan fingerprint density at radius 3 is 2.33 bits per heavy atom. The molecule has 3 aromatic carbocycles. The van der Waals surface area contributed by atoms with Gasteiger partial charge in [0.2, 0.25) is 0 Å². The molecular weight excluding hydrogens is 372 g/mol. The van der Waals surface area contributed by atoms with Gasteiger partial charge in [0.15, 0.2) is 6.61 Å². The summed E-state index contributed by atoms with van der Waals surface area (Å²) in [6.45, 7) is 1.72. The van der Waals surface area contributed by atoms with E-state index in [1.165, 1.54) is 5.56 Å². The van der Waals surface area contributed by atoms with Gasteiger partial charge in [-0.05, 0) is 61.3 Å². The molecule has 1 unspecified atom stereocenters. The van der Waals surface area contributed by atoms with Crippen molar-refractivity contribution >= 4 is 11.6 Å². The molecule has 4 nitrogen and oxygen atoms in total. The normalized spacial score (nSPS) is 15.7. The summed E-state index contributed by atoms with van der Waals surface area (Å²) >= 11 is 0. The smallest absolute Gasteiger partial charge is 0.264 e. The van der Waals surface area contributed by atoms with Crippen LogP contribution in [0.4, 0.5) is 5.69 Å². The zero-order valence-electron chi connectivity index (χ0n) is 17.6. The number of hydrogen-bond donors (Lipinski definition) is 0. The summed E-state index contributed by atoms with van der Waals surface area (Å²) in [6, 6.07) is 26.3. The van der Waals surface area contributed by atoms with Gasteiger partial charge in [0.25, 0.3) is 5.91 Å². The van der Waals surface area contributed by atoms with Gasteiger partial charge >= 0.3 is 0 Å². The SMILES string of the molecule is CN(C)CC1Cc2ccccc2N(C(=O)COc2ccc(-c3ccccc3)cc2)C1. The van der Waals surface area contributed by atoms with Crippen molar-refractivity contribution in [3.63, 3.8) is 0 Å². The van der Waals surface area contributed by atoms with Gasteiger partial charge < -0.3 is 14.5 Å². The molecule has 0 aromatic heterocycles. The van der Waals surface area contributed by atoms with Crippen molar-refractivity contribution in [2.75, 3.05) is 38.7 Å². The van der Waals surface area contributed by atoms with Crippen LogP contribution in [0.25, 0.3) is 11.1 Å². The Kier molecular flexibility index (Phi) is 6.15. The fraction of sp³-hybridized carbons (Fsp3) is 0.269. The number of rotatable bonds is 6. The molecule has 4 rings (SSSR count). The zero-order chi connectivity index (χ0) is 20.9. The van der Waals surface area contributed by atoms with Crippen molar-refractivity contribution in [1.82, 2.24) is 4.90 Å².